The van der Waals surface area contributed by atoms with Gasteiger partial charge in [-0.2, -0.15) is 0 Å². The maximum absolute atomic E-state index is 11.4. The first-order valence-electron chi connectivity index (χ1n) is 5.21. The van der Waals surface area contributed by atoms with Gasteiger partial charge in [0, 0.05) is 19.2 Å². The molecular weight excluding hydrogens is 222 g/mol. The zero-order chi connectivity index (χ0) is 12.7. The first-order valence-corrected chi connectivity index (χ1v) is 5.21. The van der Waals surface area contributed by atoms with Gasteiger partial charge in [0.25, 0.3) is 0 Å². The normalized spacial score (nSPS) is 9.94. The summed E-state index contributed by atoms with van der Waals surface area (Å²) in [6.45, 7) is 0.471. The number of carbonyl (C=O) groups is 2. The molecule has 0 aliphatic carbocycles. The highest BCUT2D eigenvalue weighted by atomic mass is 16.5. The van der Waals surface area contributed by atoms with E-state index in [9.17, 15) is 9.59 Å². The van der Waals surface area contributed by atoms with E-state index in [1.54, 1.807) is 25.3 Å². The number of benzene rings is 1. The van der Waals surface area contributed by atoms with Crippen molar-refractivity contribution in [1.29, 1.82) is 0 Å². The fourth-order valence-corrected chi connectivity index (χ4v) is 1.35. The lowest BCUT2D eigenvalue weighted by atomic mass is 10.2. The van der Waals surface area contributed by atoms with Gasteiger partial charge in [0.15, 0.2) is 0 Å². The van der Waals surface area contributed by atoms with E-state index in [2.05, 4.69) is 5.32 Å². The van der Waals surface area contributed by atoms with Crippen molar-refractivity contribution in [1.82, 2.24) is 0 Å². The molecule has 2 N–H and O–H groups in total. The van der Waals surface area contributed by atoms with Gasteiger partial charge < -0.3 is 15.2 Å². The summed E-state index contributed by atoms with van der Waals surface area (Å²) in [6, 6.07) is 7.23. The molecule has 0 aromatic heterocycles. The Morgan fingerprint density at radius 1 is 1.35 bits per heavy atom. The van der Waals surface area contributed by atoms with Gasteiger partial charge in [-0.3, -0.25) is 9.59 Å². The molecule has 1 rings (SSSR count). The largest absolute Gasteiger partial charge is 0.481 e. The molecule has 0 saturated carbocycles. The van der Waals surface area contributed by atoms with Crippen molar-refractivity contribution in [2.75, 3.05) is 12.4 Å². The van der Waals surface area contributed by atoms with E-state index < -0.39 is 5.97 Å². The van der Waals surface area contributed by atoms with E-state index in [1.807, 2.05) is 6.07 Å². The third-order valence-electron chi connectivity index (χ3n) is 2.09. The van der Waals surface area contributed by atoms with Crippen LogP contribution in [0, 0.1) is 0 Å². The predicted molar refractivity (Wildman–Crippen MR) is 62.7 cm³/mol. The van der Waals surface area contributed by atoms with Crippen LogP contribution in [0.3, 0.4) is 0 Å². The van der Waals surface area contributed by atoms with Crippen molar-refractivity contribution in [3.63, 3.8) is 0 Å². The summed E-state index contributed by atoms with van der Waals surface area (Å²) in [7, 11) is 1.60. The van der Waals surface area contributed by atoms with Gasteiger partial charge in [-0.1, -0.05) is 12.1 Å². The zero-order valence-corrected chi connectivity index (χ0v) is 9.60. The van der Waals surface area contributed by atoms with Crippen LogP contribution >= 0.6 is 0 Å². The van der Waals surface area contributed by atoms with Gasteiger partial charge in [0.1, 0.15) is 0 Å². The number of carbonyl (C=O) groups excluding carboxylic acids is 1. The molecule has 0 atom stereocenters. The van der Waals surface area contributed by atoms with Crippen LogP contribution in [-0.2, 0) is 20.9 Å². The maximum Gasteiger partial charge on any atom is 0.303 e. The Balaban J connectivity index is 2.52. The van der Waals surface area contributed by atoms with Crippen LogP contribution in [0.1, 0.15) is 18.4 Å². The Hall–Kier alpha value is -1.88. The summed E-state index contributed by atoms with van der Waals surface area (Å²) in [6.07, 6.45) is -0.187. The van der Waals surface area contributed by atoms with Gasteiger partial charge in [-0.25, -0.2) is 0 Å². The molecule has 92 valence electrons. The molecule has 1 amide bonds. The van der Waals surface area contributed by atoms with Crippen LogP contribution in [0.25, 0.3) is 0 Å². The molecule has 5 nitrogen and oxygen atoms in total. The molecule has 0 fully saturated rings. The number of rotatable bonds is 6. The lowest BCUT2D eigenvalue weighted by molar-refractivity contribution is -0.138. The fraction of sp³-hybridized carbons (Fsp3) is 0.333. The number of hydrogen-bond donors (Lipinski definition) is 2. The Morgan fingerprint density at radius 2 is 2.12 bits per heavy atom. The van der Waals surface area contributed by atoms with Crippen molar-refractivity contribution in [2.45, 2.75) is 19.4 Å². The van der Waals surface area contributed by atoms with Gasteiger partial charge >= 0.3 is 5.97 Å². The molecule has 0 aliphatic rings. The number of anilines is 1. The second-order valence-electron chi connectivity index (χ2n) is 3.58. The molecule has 17 heavy (non-hydrogen) atoms. The predicted octanol–water partition coefficient (Wildman–Crippen LogP) is 1.64. The molecule has 0 spiro atoms. The Labute approximate surface area is 99.4 Å². The minimum atomic E-state index is -0.978. The molecule has 0 radical (unpaired) electrons. The molecule has 0 aliphatic heterocycles. The van der Waals surface area contributed by atoms with Gasteiger partial charge in [-0.15, -0.1) is 0 Å². The Kier molecular flexibility index (Phi) is 5.16. The minimum Gasteiger partial charge on any atom is -0.481 e. The van der Waals surface area contributed by atoms with Crippen molar-refractivity contribution in [2.24, 2.45) is 0 Å². The van der Waals surface area contributed by atoms with Crippen LogP contribution < -0.4 is 5.32 Å². The molecule has 0 heterocycles. The second-order valence-corrected chi connectivity index (χ2v) is 3.58. The van der Waals surface area contributed by atoms with Gasteiger partial charge in [0.2, 0.25) is 5.91 Å². The highest BCUT2D eigenvalue weighted by molar-refractivity contribution is 5.92. The van der Waals surface area contributed by atoms with E-state index in [4.69, 9.17) is 9.84 Å². The molecule has 0 unspecified atom stereocenters. The van der Waals surface area contributed by atoms with E-state index >= 15 is 0 Å². The number of amides is 1. The average molecular weight is 237 g/mol. The average Bonchev–Trinajstić information content (AvgIpc) is 2.27. The molecule has 0 bridgehead atoms. The van der Waals surface area contributed by atoms with Crippen LogP contribution in [0.15, 0.2) is 24.3 Å². The minimum absolute atomic E-state index is 0.0240. The number of carboxylic acids is 1. The van der Waals surface area contributed by atoms with Gasteiger partial charge in [-0.05, 0) is 17.7 Å². The number of methoxy groups -OCH3 is 1. The molecule has 1 aromatic rings. The molecule has 0 saturated heterocycles. The van der Waals surface area contributed by atoms with Gasteiger partial charge in [0.05, 0.1) is 13.0 Å². The smallest absolute Gasteiger partial charge is 0.303 e. The summed E-state index contributed by atoms with van der Waals surface area (Å²) >= 11 is 0. The van der Waals surface area contributed by atoms with Crippen molar-refractivity contribution < 1.29 is 19.4 Å². The summed E-state index contributed by atoms with van der Waals surface area (Å²) < 4.78 is 4.98. The third kappa shape index (κ3) is 5.12. The number of nitrogens with one attached hydrogen (secondary N) is 1. The Morgan fingerprint density at radius 3 is 2.76 bits per heavy atom. The Bertz CT molecular complexity index is 403. The monoisotopic (exact) mass is 237 g/mol. The number of carboxylic acid groups (broad SMARTS) is 1. The topological polar surface area (TPSA) is 75.6 Å². The van der Waals surface area contributed by atoms with Crippen molar-refractivity contribution in [3.8, 4) is 0 Å². The summed E-state index contributed by atoms with van der Waals surface area (Å²) in [5, 5.41) is 11.1. The highest BCUT2D eigenvalue weighted by Crippen LogP contribution is 2.11. The quantitative estimate of drug-likeness (QED) is 0.788. The summed E-state index contributed by atoms with van der Waals surface area (Å²) in [5.74, 6) is -1.28. The fourth-order valence-electron chi connectivity index (χ4n) is 1.35. The summed E-state index contributed by atoms with van der Waals surface area (Å²) in [4.78, 5) is 21.7. The molecule has 1 aromatic carbocycles. The van der Waals surface area contributed by atoms with E-state index in [0.717, 1.165) is 5.56 Å². The number of ether oxygens (including phenoxy) is 1. The summed E-state index contributed by atoms with van der Waals surface area (Å²) in [5.41, 5.74) is 1.60. The van der Waals surface area contributed by atoms with Crippen LogP contribution in [0.5, 0.6) is 0 Å². The third-order valence-corrected chi connectivity index (χ3v) is 2.09. The van der Waals surface area contributed by atoms with Crippen LogP contribution in [0.2, 0.25) is 0 Å². The first kappa shape index (κ1) is 13.2. The van der Waals surface area contributed by atoms with E-state index in [0.29, 0.717) is 12.3 Å². The molecular formula is C12H15NO4. The highest BCUT2D eigenvalue weighted by Gasteiger charge is 2.05. The van der Waals surface area contributed by atoms with Crippen LogP contribution in [0.4, 0.5) is 5.69 Å². The lowest BCUT2D eigenvalue weighted by Crippen LogP contribution is -2.13. The first-order chi connectivity index (χ1) is 8.11. The standard InChI is InChI=1S/C12H15NO4/c1-17-8-9-3-2-4-10(7-9)13-11(14)5-6-12(15)16/h2-4,7H,5-6,8H2,1H3,(H,13,14)(H,15,16). The SMILES string of the molecule is COCc1cccc(NC(=O)CCC(=O)O)c1. The maximum atomic E-state index is 11.4. The lowest BCUT2D eigenvalue weighted by Gasteiger charge is -2.06. The van der Waals surface area contributed by atoms with Crippen molar-refractivity contribution >= 4 is 17.6 Å². The zero-order valence-electron chi connectivity index (χ0n) is 9.60. The van der Waals surface area contributed by atoms with Crippen molar-refractivity contribution in [3.05, 3.63) is 29.8 Å². The van der Waals surface area contributed by atoms with Crippen LogP contribution in [-0.4, -0.2) is 24.1 Å². The number of aliphatic carboxylic acids is 1. The van der Waals surface area contributed by atoms with E-state index in [1.165, 1.54) is 0 Å². The van der Waals surface area contributed by atoms with E-state index in [-0.39, 0.29) is 18.7 Å². The molecule has 5 heteroatoms. The number of hydrogen-bond acceptors (Lipinski definition) is 3. The second kappa shape index (κ2) is 6.65.